The van der Waals surface area contributed by atoms with Gasteiger partial charge < -0.3 is 20.7 Å². The quantitative estimate of drug-likeness (QED) is 0.383. The zero-order chi connectivity index (χ0) is 21.8. The number of benzene rings is 2. The van der Waals surface area contributed by atoms with Gasteiger partial charge in [-0.15, -0.1) is 0 Å². The standard InChI is InChI=1S/C23H27ClFN5O/c1-30-8-6-15(7-9-30)3-2-10-31-22-13-21-17(12-20(22)26)23(28-14-27-21)29-16-4-5-19(25)18(24)11-16/h4-5,11-15H,2-3,6-10,26H2,1H3,(H,27,28,29). The summed E-state index contributed by atoms with van der Waals surface area (Å²) in [5.41, 5.74) is 8.12. The Kier molecular flexibility index (Phi) is 6.73. The molecular formula is C23H27ClFN5O. The van der Waals surface area contributed by atoms with Crippen LogP contribution in [0, 0.1) is 11.7 Å². The van der Waals surface area contributed by atoms with Crippen molar-refractivity contribution in [3.63, 3.8) is 0 Å². The molecule has 0 atom stereocenters. The van der Waals surface area contributed by atoms with Crippen LogP contribution in [0.25, 0.3) is 10.9 Å². The maximum atomic E-state index is 13.4. The fourth-order valence-corrected chi connectivity index (χ4v) is 4.12. The summed E-state index contributed by atoms with van der Waals surface area (Å²) in [5, 5.41) is 3.94. The molecular weight excluding hydrogens is 417 g/mol. The summed E-state index contributed by atoms with van der Waals surface area (Å²) in [4.78, 5) is 11.0. The summed E-state index contributed by atoms with van der Waals surface area (Å²) < 4.78 is 19.4. The van der Waals surface area contributed by atoms with Gasteiger partial charge in [-0.1, -0.05) is 11.6 Å². The number of aromatic nitrogens is 2. The minimum atomic E-state index is -0.471. The molecule has 1 saturated heterocycles. The number of hydrogen-bond donors (Lipinski definition) is 2. The zero-order valence-corrected chi connectivity index (χ0v) is 18.3. The highest BCUT2D eigenvalue weighted by molar-refractivity contribution is 6.31. The molecule has 0 saturated carbocycles. The van der Waals surface area contributed by atoms with Crippen LogP contribution in [0.2, 0.25) is 5.02 Å². The Hall–Kier alpha value is -2.64. The van der Waals surface area contributed by atoms with Gasteiger partial charge in [0, 0.05) is 17.1 Å². The summed E-state index contributed by atoms with van der Waals surface area (Å²) in [5.74, 6) is 1.51. The molecule has 4 rings (SSSR count). The van der Waals surface area contributed by atoms with Crippen LogP contribution in [0.4, 0.5) is 21.6 Å². The molecule has 1 aliphatic rings. The molecule has 6 nitrogen and oxygen atoms in total. The number of rotatable bonds is 7. The van der Waals surface area contributed by atoms with E-state index >= 15 is 0 Å². The molecule has 0 radical (unpaired) electrons. The van der Waals surface area contributed by atoms with E-state index in [0.29, 0.717) is 35.1 Å². The van der Waals surface area contributed by atoms with Gasteiger partial charge in [0.1, 0.15) is 23.7 Å². The van der Waals surface area contributed by atoms with E-state index in [-0.39, 0.29) is 5.02 Å². The molecule has 0 unspecified atom stereocenters. The Morgan fingerprint density at radius 2 is 2.03 bits per heavy atom. The van der Waals surface area contributed by atoms with E-state index in [0.717, 1.165) is 17.7 Å². The maximum absolute atomic E-state index is 13.4. The molecule has 3 aromatic rings. The van der Waals surface area contributed by atoms with E-state index < -0.39 is 5.82 Å². The molecule has 0 amide bonds. The summed E-state index contributed by atoms with van der Waals surface area (Å²) in [6.45, 7) is 3.00. The number of nitrogens with zero attached hydrogens (tertiary/aromatic N) is 3. The smallest absolute Gasteiger partial charge is 0.144 e. The molecule has 8 heteroatoms. The van der Waals surface area contributed by atoms with Gasteiger partial charge in [-0.3, -0.25) is 0 Å². The molecule has 1 aromatic heterocycles. The molecule has 1 aliphatic heterocycles. The van der Waals surface area contributed by atoms with E-state index in [4.69, 9.17) is 22.1 Å². The lowest BCUT2D eigenvalue weighted by Crippen LogP contribution is -2.30. The van der Waals surface area contributed by atoms with Crippen LogP contribution in [0.15, 0.2) is 36.7 Å². The first-order valence-corrected chi connectivity index (χ1v) is 10.9. The van der Waals surface area contributed by atoms with Crippen LogP contribution in [0.3, 0.4) is 0 Å². The number of likely N-dealkylation sites (tertiary alicyclic amines) is 1. The first kappa shape index (κ1) is 21.6. The van der Waals surface area contributed by atoms with Crippen LogP contribution < -0.4 is 15.8 Å². The molecule has 0 spiro atoms. The third-order valence-electron chi connectivity index (χ3n) is 5.80. The number of anilines is 3. The number of fused-ring (bicyclic) bond motifs is 1. The molecule has 31 heavy (non-hydrogen) atoms. The summed E-state index contributed by atoms with van der Waals surface area (Å²) in [6, 6.07) is 8.05. The average Bonchev–Trinajstić information content (AvgIpc) is 2.76. The molecule has 2 aromatic carbocycles. The Balaban J connectivity index is 1.42. The van der Waals surface area contributed by atoms with Crippen molar-refractivity contribution in [2.24, 2.45) is 5.92 Å². The van der Waals surface area contributed by atoms with Crippen molar-refractivity contribution >= 4 is 39.7 Å². The lowest BCUT2D eigenvalue weighted by molar-refractivity contribution is 0.201. The third-order valence-corrected chi connectivity index (χ3v) is 6.09. The topological polar surface area (TPSA) is 76.3 Å². The van der Waals surface area contributed by atoms with Gasteiger partial charge in [0.2, 0.25) is 0 Å². The Morgan fingerprint density at radius 1 is 1.23 bits per heavy atom. The Bertz CT molecular complexity index is 1060. The molecule has 2 heterocycles. The van der Waals surface area contributed by atoms with Gasteiger partial charge in [-0.25, -0.2) is 14.4 Å². The van der Waals surface area contributed by atoms with Crippen molar-refractivity contribution < 1.29 is 9.13 Å². The van der Waals surface area contributed by atoms with E-state index in [2.05, 4.69) is 27.2 Å². The summed E-state index contributed by atoms with van der Waals surface area (Å²) >= 11 is 5.87. The number of halogens is 2. The van der Waals surface area contributed by atoms with Crippen LogP contribution in [0.1, 0.15) is 25.7 Å². The van der Waals surface area contributed by atoms with E-state index in [9.17, 15) is 4.39 Å². The van der Waals surface area contributed by atoms with Crippen molar-refractivity contribution in [2.45, 2.75) is 25.7 Å². The van der Waals surface area contributed by atoms with E-state index in [1.54, 1.807) is 12.1 Å². The molecule has 164 valence electrons. The molecule has 0 bridgehead atoms. The van der Waals surface area contributed by atoms with Crippen molar-refractivity contribution in [1.82, 2.24) is 14.9 Å². The second-order valence-electron chi connectivity index (χ2n) is 8.12. The lowest BCUT2D eigenvalue weighted by Gasteiger charge is -2.28. The predicted octanol–water partition coefficient (Wildman–Crippen LogP) is 5.25. The van der Waals surface area contributed by atoms with Crippen LogP contribution >= 0.6 is 11.6 Å². The number of nitrogen functional groups attached to an aromatic ring is 1. The number of ether oxygens (including phenoxy) is 1. The van der Waals surface area contributed by atoms with Gasteiger partial charge in [0.05, 0.1) is 22.8 Å². The van der Waals surface area contributed by atoms with Gasteiger partial charge in [0.15, 0.2) is 0 Å². The van der Waals surface area contributed by atoms with Gasteiger partial charge in [-0.2, -0.15) is 0 Å². The minimum absolute atomic E-state index is 0.0406. The normalized spacial score (nSPS) is 15.3. The highest BCUT2D eigenvalue weighted by Gasteiger charge is 2.16. The summed E-state index contributed by atoms with van der Waals surface area (Å²) in [7, 11) is 2.18. The maximum Gasteiger partial charge on any atom is 0.144 e. The number of hydrogen-bond acceptors (Lipinski definition) is 6. The lowest BCUT2D eigenvalue weighted by atomic mass is 9.93. The van der Waals surface area contributed by atoms with Crippen molar-refractivity contribution in [1.29, 1.82) is 0 Å². The minimum Gasteiger partial charge on any atom is -0.491 e. The highest BCUT2D eigenvalue weighted by Crippen LogP contribution is 2.32. The fraction of sp³-hybridized carbons (Fsp3) is 0.391. The Labute approximate surface area is 186 Å². The molecule has 1 fully saturated rings. The van der Waals surface area contributed by atoms with E-state index in [1.165, 1.54) is 50.8 Å². The van der Waals surface area contributed by atoms with Crippen LogP contribution in [-0.4, -0.2) is 41.6 Å². The largest absolute Gasteiger partial charge is 0.491 e. The van der Waals surface area contributed by atoms with Gasteiger partial charge in [-0.05, 0) is 76.0 Å². The average molecular weight is 444 g/mol. The third kappa shape index (κ3) is 5.35. The monoisotopic (exact) mass is 443 g/mol. The number of nitrogens with two attached hydrogens (primary N) is 1. The fourth-order valence-electron chi connectivity index (χ4n) is 3.94. The van der Waals surface area contributed by atoms with Gasteiger partial charge in [0.25, 0.3) is 0 Å². The molecule has 3 N–H and O–H groups in total. The van der Waals surface area contributed by atoms with Crippen LogP contribution in [0.5, 0.6) is 5.75 Å². The second kappa shape index (κ2) is 9.66. The second-order valence-corrected chi connectivity index (χ2v) is 8.53. The number of piperidine rings is 1. The van der Waals surface area contributed by atoms with Crippen molar-refractivity contribution in [3.05, 3.63) is 47.5 Å². The number of nitrogens with one attached hydrogen (secondary N) is 1. The first-order valence-electron chi connectivity index (χ1n) is 10.6. The molecule has 0 aliphatic carbocycles. The first-order chi connectivity index (χ1) is 15.0. The SMILES string of the molecule is CN1CCC(CCCOc2cc3ncnc(Nc4ccc(F)c(Cl)c4)c3cc2N)CC1. The van der Waals surface area contributed by atoms with Gasteiger partial charge >= 0.3 is 0 Å². The summed E-state index contributed by atoms with van der Waals surface area (Å²) in [6.07, 6.45) is 6.18. The van der Waals surface area contributed by atoms with Crippen molar-refractivity contribution in [2.75, 3.05) is 37.8 Å². The van der Waals surface area contributed by atoms with Crippen LogP contribution in [-0.2, 0) is 0 Å². The zero-order valence-electron chi connectivity index (χ0n) is 17.6. The predicted molar refractivity (Wildman–Crippen MR) is 124 cm³/mol. The van der Waals surface area contributed by atoms with Crippen molar-refractivity contribution in [3.8, 4) is 5.75 Å². The Morgan fingerprint density at radius 3 is 2.81 bits per heavy atom. The highest BCUT2D eigenvalue weighted by atomic mass is 35.5. The van der Waals surface area contributed by atoms with E-state index in [1.807, 2.05) is 6.07 Å².